The van der Waals surface area contributed by atoms with Gasteiger partial charge in [-0.1, -0.05) is 54.0 Å². The molecule has 0 heterocycles. The van der Waals surface area contributed by atoms with Crippen LogP contribution in [0.3, 0.4) is 0 Å². The molecule has 76 valence electrons. The molecule has 1 aliphatic carbocycles. The van der Waals surface area contributed by atoms with Gasteiger partial charge in [-0.3, -0.25) is 0 Å². The summed E-state index contributed by atoms with van der Waals surface area (Å²) >= 11 is 3.83. The van der Waals surface area contributed by atoms with Crippen molar-refractivity contribution in [3.8, 4) is 0 Å². The Morgan fingerprint density at radius 2 is 1.64 bits per heavy atom. The standard InChI is InChI=1S/C13H17Br/c1-9(2)13(14)12-7-10-5-3-4-6-11(10)8-12/h3-6,9,12-13H,7-8H2,1-2H3. The van der Waals surface area contributed by atoms with E-state index in [1.807, 2.05) is 0 Å². The highest BCUT2D eigenvalue weighted by atomic mass is 79.9. The molecule has 1 heteroatoms. The Bertz CT molecular complexity index is 292. The molecule has 0 nitrogen and oxygen atoms in total. The molecule has 0 saturated heterocycles. The Hall–Kier alpha value is -0.300. The van der Waals surface area contributed by atoms with Gasteiger partial charge >= 0.3 is 0 Å². The van der Waals surface area contributed by atoms with Crippen molar-refractivity contribution in [2.45, 2.75) is 31.5 Å². The third-order valence-corrected chi connectivity index (χ3v) is 4.97. The molecule has 0 aromatic heterocycles. The van der Waals surface area contributed by atoms with Crippen LogP contribution in [0.5, 0.6) is 0 Å². The van der Waals surface area contributed by atoms with Gasteiger partial charge in [-0.2, -0.15) is 0 Å². The predicted octanol–water partition coefficient (Wildman–Crippen LogP) is 3.82. The van der Waals surface area contributed by atoms with Gasteiger partial charge in [0.2, 0.25) is 0 Å². The van der Waals surface area contributed by atoms with Gasteiger partial charge in [-0.25, -0.2) is 0 Å². The molecule has 1 aromatic rings. The predicted molar refractivity (Wildman–Crippen MR) is 64.9 cm³/mol. The van der Waals surface area contributed by atoms with E-state index in [1.54, 1.807) is 11.1 Å². The van der Waals surface area contributed by atoms with Crippen molar-refractivity contribution in [2.24, 2.45) is 11.8 Å². The molecule has 0 fully saturated rings. The zero-order valence-corrected chi connectivity index (χ0v) is 10.4. The Balaban J connectivity index is 2.12. The number of hydrogen-bond donors (Lipinski definition) is 0. The van der Waals surface area contributed by atoms with Gasteiger partial charge < -0.3 is 0 Å². The molecule has 0 radical (unpaired) electrons. The van der Waals surface area contributed by atoms with E-state index in [-0.39, 0.29) is 0 Å². The summed E-state index contributed by atoms with van der Waals surface area (Å²) in [5, 5.41) is 0. The molecule has 0 saturated carbocycles. The van der Waals surface area contributed by atoms with Gasteiger partial charge in [0, 0.05) is 4.83 Å². The van der Waals surface area contributed by atoms with E-state index < -0.39 is 0 Å². The average molecular weight is 253 g/mol. The van der Waals surface area contributed by atoms with E-state index >= 15 is 0 Å². The molecular formula is C13H17Br. The van der Waals surface area contributed by atoms with E-state index in [1.165, 1.54) is 12.8 Å². The maximum atomic E-state index is 3.83. The lowest BCUT2D eigenvalue weighted by atomic mass is 9.94. The van der Waals surface area contributed by atoms with E-state index in [2.05, 4.69) is 54.0 Å². The Kier molecular flexibility index (Phi) is 2.96. The zero-order valence-electron chi connectivity index (χ0n) is 8.83. The van der Waals surface area contributed by atoms with Crippen LogP contribution in [0.25, 0.3) is 0 Å². The molecule has 0 aliphatic heterocycles. The summed E-state index contributed by atoms with van der Waals surface area (Å²) in [6.45, 7) is 4.59. The molecule has 0 spiro atoms. The largest absolute Gasteiger partial charge is 0.0885 e. The fourth-order valence-electron chi connectivity index (χ4n) is 2.36. The van der Waals surface area contributed by atoms with E-state index in [0.29, 0.717) is 4.83 Å². The van der Waals surface area contributed by atoms with Crippen LogP contribution in [-0.4, -0.2) is 4.83 Å². The maximum Gasteiger partial charge on any atom is 0.0203 e. The molecule has 14 heavy (non-hydrogen) atoms. The first-order valence-electron chi connectivity index (χ1n) is 5.39. The molecule has 1 atom stereocenters. The second kappa shape index (κ2) is 4.06. The van der Waals surface area contributed by atoms with Crippen molar-refractivity contribution in [3.63, 3.8) is 0 Å². The first kappa shape index (κ1) is 10.2. The lowest BCUT2D eigenvalue weighted by Crippen LogP contribution is -2.20. The van der Waals surface area contributed by atoms with Crippen molar-refractivity contribution in [1.29, 1.82) is 0 Å². The van der Waals surface area contributed by atoms with Crippen molar-refractivity contribution >= 4 is 15.9 Å². The monoisotopic (exact) mass is 252 g/mol. The highest BCUT2D eigenvalue weighted by molar-refractivity contribution is 9.09. The minimum absolute atomic E-state index is 0.662. The molecule has 0 amide bonds. The third-order valence-electron chi connectivity index (χ3n) is 3.17. The number of rotatable bonds is 2. The van der Waals surface area contributed by atoms with Crippen LogP contribution >= 0.6 is 15.9 Å². The smallest absolute Gasteiger partial charge is 0.0203 e. The molecule has 2 rings (SSSR count). The molecule has 1 unspecified atom stereocenters. The van der Waals surface area contributed by atoms with E-state index in [0.717, 1.165) is 11.8 Å². The summed E-state index contributed by atoms with van der Waals surface area (Å²) in [6, 6.07) is 8.85. The fourth-order valence-corrected chi connectivity index (χ4v) is 2.74. The maximum absolute atomic E-state index is 3.83. The van der Waals surface area contributed by atoms with Crippen molar-refractivity contribution in [2.75, 3.05) is 0 Å². The van der Waals surface area contributed by atoms with Crippen molar-refractivity contribution < 1.29 is 0 Å². The lowest BCUT2D eigenvalue weighted by molar-refractivity contribution is 0.450. The SMILES string of the molecule is CC(C)C(Br)C1Cc2ccccc2C1. The van der Waals surface area contributed by atoms with Crippen LogP contribution in [0.15, 0.2) is 24.3 Å². The van der Waals surface area contributed by atoms with Crippen LogP contribution in [0.2, 0.25) is 0 Å². The second-order valence-electron chi connectivity index (χ2n) is 4.63. The van der Waals surface area contributed by atoms with Crippen LogP contribution in [-0.2, 0) is 12.8 Å². The fraction of sp³-hybridized carbons (Fsp3) is 0.538. The third kappa shape index (κ3) is 1.88. The number of halogens is 1. The second-order valence-corrected chi connectivity index (χ2v) is 5.68. The van der Waals surface area contributed by atoms with Crippen LogP contribution in [0, 0.1) is 11.8 Å². The highest BCUT2D eigenvalue weighted by Gasteiger charge is 2.28. The van der Waals surface area contributed by atoms with E-state index in [4.69, 9.17) is 0 Å². The summed E-state index contributed by atoms with van der Waals surface area (Å²) in [7, 11) is 0. The number of fused-ring (bicyclic) bond motifs is 1. The quantitative estimate of drug-likeness (QED) is 0.703. The van der Waals surface area contributed by atoms with Crippen molar-refractivity contribution in [3.05, 3.63) is 35.4 Å². The van der Waals surface area contributed by atoms with Crippen LogP contribution in [0.4, 0.5) is 0 Å². The summed E-state index contributed by atoms with van der Waals surface area (Å²) in [4.78, 5) is 0.662. The van der Waals surface area contributed by atoms with E-state index in [9.17, 15) is 0 Å². The summed E-state index contributed by atoms with van der Waals surface area (Å²) in [6.07, 6.45) is 2.51. The summed E-state index contributed by atoms with van der Waals surface area (Å²) in [5.74, 6) is 1.53. The van der Waals surface area contributed by atoms with Gasteiger partial charge in [0.15, 0.2) is 0 Å². The molecule has 0 bridgehead atoms. The highest BCUT2D eigenvalue weighted by Crippen LogP contribution is 2.34. The van der Waals surface area contributed by atoms with Gasteiger partial charge in [0.1, 0.15) is 0 Å². The first-order valence-corrected chi connectivity index (χ1v) is 6.31. The molecular weight excluding hydrogens is 236 g/mol. The minimum atomic E-state index is 0.662. The van der Waals surface area contributed by atoms with Gasteiger partial charge in [-0.15, -0.1) is 0 Å². The van der Waals surface area contributed by atoms with Gasteiger partial charge in [0.05, 0.1) is 0 Å². The topological polar surface area (TPSA) is 0 Å². The molecule has 0 N–H and O–H groups in total. The Labute approximate surface area is 94.8 Å². The lowest BCUT2D eigenvalue weighted by Gasteiger charge is -2.20. The summed E-state index contributed by atoms with van der Waals surface area (Å²) in [5.41, 5.74) is 3.12. The normalized spacial score (nSPS) is 18.6. The first-order chi connectivity index (χ1) is 6.68. The molecule has 1 aliphatic rings. The van der Waals surface area contributed by atoms with Crippen molar-refractivity contribution in [1.82, 2.24) is 0 Å². The average Bonchev–Trinajstić information content (AvgIpc) is 2.59. The number of benzene rings is 1. The van der Waals surface area contributed by atoms with Gasteiger partial charge in [0.25, 0.3) is 0 Å². The number of alkyl halides is 1. The van der Waals surface area contributed by atoms with Crippen LogP contribution in [0.1, 0.15) is 25.0 Å². The Morgan fingerprint density at radius 1 is 1.14 bits per heavy atom. The van der Waals surface area contributed by atoms with Gasteiger partial charge in [-0.05, 0) is 35.8 Å². The summed E-state index contributed by atoms with van der Waals surface area (Å²) < 4.78 is 0. The Morgan fingerprint density at radius 3 is 2.07 bits per heavy atom. The minimum Gasteiger partial charge on any atom is -0.0885 e. The van der Waals surface area contributed by atoms with Crippen LogP contribution < -0.4 is 0 Å². The zero-order chi connectivity index (χ0) is 10.1. The number of hydrogen-bond acceptors (Lipinski definition) is 0. The molecule has 1 aromatic carbocycles.